The van der Waals surface area contributed by atoms with Crippen molar-refractivity contribution in [3.8, 4) is 11.5 Å². The number of rotatable bonds is 7. The van der Waals surface area contributed by atoms with E-state index in [9.17, 15) is 9.59 Å². The van der Waals surface area contributed by atoms with Gasteiger partial charge in [0.05, 0.1) is 7.11 Å². The molecule has 0 bridgehead atoms. The van der Waals surface area contributed by atoms with E-state index in [1.165, 1.54) is 5.56 Å². The number of aromatic amines is 1. The third-order valence-electron chi connectivity index (χ3n) is 4.68. The van der Waals surface area contributed by atoms with Crippen molar-refractivity contribution in [3.05, 3.63) is 69.5 Å². The number of carbonyl (C=O) groups excluding carboxylic acids is 1. The third kappa shape index (κ3) is 4.52. The van der Waals surface area contributed by atoms with Gasteiger partial charge in [-0.15, -0.1) is 0 Å². The number of nitrogens with one attached hydrogen (secondary N) is 2. The van der Waals surface area contributed by atoms with Crippen LogP contribution >= 0.6 is 0 Å². The van der Waals surface area contributed by atoms with Crippen LogP contribution in [0.1, 0.15) is 16.7 Å². The minimum absolute atomic E-state index is 0.118. The van der Waals surface area contributed by atoms with Gasteiger partial charge in [0.1, 0.15) is 0 Å². The molecule has 2 N–H and O–H groups in total. The molecule has 0 aliphatic carbocycles. The molecule has 3 aromatic rings. The number of carbonyl (C=O) groups is 1. The summed E-state index contributed by atoms with van der Waals surface area (Å²) in [7, 11) is 1.55. The first-order valence-electron chi connectivity index (χ1n) is 9.13. The summed E-state index contributed by atoms with van der Waals surface area (Å²) in [6.07, 6.45) is 0.443. The second-order valence-electron chi connectivity index (χ2n) is 6.69. The first-order valence-corrected chi connectivity index (χ1v) is 9.13. The van der Waals surface area contributed by atoms with Gasteiger partial charge in [0.2, 0.25) is 0 Å². The van der Waals surface area contributed by atoms with Crippen LogP contribution in [-0.4, -0.2) is 31.2 Å². The quantitative estimate of drug-likeness (QED) is 0.660. The molecule has 1 aromatic heterocycles. The van der Waals surface area contributed by atoms with Gasteiger partial charge in [0.15, 0.2) is 18.1 Å². The van der Waals surface area contributed by atoms with E-state index in [1.54, 1.807) is 19.2 Å². The standard InChI is InChI=1S/C22H24N2O4/c1-14-10-17-12-16(22(26)24-18(17)11-15(14)2)8-9-23-21(25)13-28-20-7-5-4-6-19(20)27-3/h4-7,10-12H,8-9,13H2,1-3H3,(H,23,25)(H,24,26). The van der Waals surface area contributed by atoms with Crippen molar-refractivity contribution in [1.82, 2.24) is 10.3 Å². The van der Waals surface area contributed by atoms with Crippen LogP contribution in [0.25, 0.3) is 10.9 Å². The Morgan fingerprint density at radius 3 is 2.54 bits per heavy atom. The Balaban J connectivity index is 1.57. The summed E-state index contributed by atoms with van der Waals surface area (Å²) in [5, 5.41) is 3.77. The molecule has 0 saturated heterocycles. The van der Waals surface area contributed by atoms with E-state index in [0.29, 0.717) is 30.0 Å². The number of aryl methyl sites for hydroxylation is 2. The van der Waals surface area contributed by atoms with E-state index >= 15 is 0 Å². The third-order valence-corrected chi connectivity index (χ3v) is 4.68. The number of methoxy groups -OCH3 is 1. The van der Waals surface area contributed by atoms with Crippen molar-refractivity contribution in [2.24, 2.45) is 0 Å². The second-order valence-corrected chi connectivity index (χ2v) is 6.69. The van der Waals surface area contributed by atoms with E-state index in [4.69, 9.17) is 9.47 Å². The Morgan fingerprint density at radius 2 is 1.79 bits per heavy atom. The summed E-state index contributed by atoms with van der Waals surface area (Å²) in [6.45, 7) is 4.30. The molecule has 0 aliphatic rings. The monoisotopic (exact) mass is 380 g/mol. The number of hydrogen-bond acceptors (Lipinski definition) is 4. The van der Waals surface area contributed by atoms with Crippen molar-refractivity contribution in [3.63, 3.8) is 0 Å². The molecule has 0 spiro atoms. The Labute approximate surface area is 163 Å². The van der Waals surface area contributed by atoms with Gasteiger partial charge < -0.3 is 19.8 Å². The van der Waals surface area contributed by atoms with Crippen LogP contribution < -0.4 is 20.3 Å². The first-order chi connectivity index (χ1) is 13.5. The average Bonchev–Trinajstić information content (AvgIpc) is 2.68. The van der Waals surface area contributed by atoms with E-state index < -0.39 is 0 Å². The maximum Gasteiger partial charge on any atom is 0.257 e. The predicted molar refractivity (Wildman–Crippen MR) is 109 cm³/mol. The molecule has 0 aliphatic heterocycles. The van der Waals surface area contributed by atoms with Crippen molar-refractivity contribution in [2.45, 2.75) is 20.3 Å². The minimum Gasteiger partial charge on any atom is -0.493 e. The molecule has 0 unspecified atom stereocenters. The smallest absolute Gasteiger partial charge is 0.257 e. The summed E-state index contributed by atoms with van der Waals surface area (Å²) in [6, 6.07) is 13.1. The number of amides is 1. The lowest BCUT2D eigenvalue weighted by molar-refractivity contribution is -0.123. The number of hydrogen-bond donors (Lipinski definition) is 2. The maximum atomic E-state index is 12.3. The van der Waals surface area contributed by atoms with Gasteiger partial charge in [-0.25, -0.2) is 0 Å². The fraction of sp³-hybridized carbons (Fsp3) is 0.273. The summed E-state index contributed by atoms with van der Waals surface area (Å²) < 4.78 is 10.7. The van der Waals surface area contributed by atoms with E-state index in [1.807, 2.05) is 38.1 Å². The number of pyridine rings is 1. The molecule has 2 aromatic carbocycles. The molecule has 146 valence electrons. The van der Waals surface area contributed by atoms with Crippen LogP contribution in [0.2, 0.25) is 0 Å². The fourth-order valence-corrected chi connectivity index (χ4v) is 2.98. The molecule has 28 heavy (non-hydrogen) atoms. The second kappa shape index (κ2) is 8.61. The molecule has 0 radical (unpaired) electrons. The predicted octanol–water partition coefficient (Wildman–Crippen LogP) is 2.89. The highest BCUT2D eigenvalue weighted by atomic mass is 16.5. The SMILES string of the molecule is COc1ccccc1OCC(=O)NCCc1cc2cc(C)c(C)cc2[nH]c1=O. The Kier molecular flexibility index (Phi) is 5.99. The number of fused-ring (bicyclic) bond motifs is 1. The summed E-state index contributed by atoms with van der Waals surface area (Å²) in [4.78, 5) is 27.2. The van der Waals surface area contributed by atoms with Crippen LogP contribution in [0.5, 0.6) is 11.5 Å². The van der Waals surface area contributed by atoms with Crippen LogP contribution in [0.15, 0.2) is 47.3 Å². The van der Waals surface area contributed by atoms with Gasteiger partial charge in [-0.05, 0) is 67.1 Å². The summed E-state index contributed by atoms with van der Waals surface area (Å²) in [5.74, 6) is 0.829. The molecule has 0 fully saturated rings. The van der Waals surface area contributed by atoms with Crippen LogP contribution in [0.4, 0.5) is 0 Å². The highest BCUT2D eigenvalue weighted by Crippen LogP contribution is 2.25. The topological polar surface area (TPSA) is 80.4 Å². The fourth-order valence-electron chi connectivity index (χ4n) is 2.98. The van der Waals surface area contributed by atoms with Crippen molar-refractivity contribution in [2.75, 3.05) is 20.3 Å². The highest BCUT2D eigenvalue weighted by molar-refractivity contribution is 5.81. The van der Waals surface area contributed by atoms with Gasteiger partial charge in [-0.3, -0.25) is 9.59 Å². The van der Waals surface area contributed by atoms with E-state index in [0.717, 1.165) is 16.5 Å². The zero-order chi connectivity index (χ0) is 20.1. The van der Waals surface area contributed by atoms with Crippen molar-refractivity contribution in [1.29, 1.82) is 0 Å². The van der Waals surface area contributed by atoms with Gasteiger partial charge in [-0.1, -0.05) is 12.1 Å². The lowest BCUT2D eigenvalue weighted by Gasteiger charge is -2.10. The summed E-state index contributed by atoms with van der Waals surface area (Å²) >= 11 is 0. The zero-order valence-electron chi connectivity index (χ0n) is 16.3. The maximum absolute atomic E-state index is 12.3. The lowest BCUT2D eigenvalue weighted by Crippen LogP contribution is -2.31. The molecule has 1 heterocycles. The van der Waals surface area contributed by atoms with Crippen LogP contribution in [0, 0.1) is 13.8 Å². The van der Waals surface area contributed by atoms with Gasteiger partial charge in [0, 0.05) is 17.6 Å². The largest absolute Gasteiger partial charge is 0.493 e. The molecule has 0 atom stereocenters. The number of aromatic nitrogens is 1. The van der Waals surface area contributed by atoms with Crippen LogP contribution in [0.3, 0.4) is 0 Å². The molecule has 6 nitrogen and oxygen atoms in total. The minimum atomic E-state index is -0.255. The summed E-state index contributed by atoms with van der Waals surface area (Å²) in [5.41, 5.74) is 3.65. The molecule has 0 saturated carbocycles. The molecule has 3 rings (SSSR count). The van der Waals surface area contributed by atoms with E-state index in [-0.39, 0.29) is 18.1 Å². The normalized spacial score (nSPS) is 10.7. The molecule has 1 amide bonds. The van der Waals surface area contributed by atoms with E-state index in [2.05, 4.69) is 16.4 Å². The Hall–Kier alpha value is -3.28. The van der Waals surface area contributed by atoms with Gasteiger partial charge >= 0.3 is 0 Å². The highest BCUT2D eigenvalue weighted by Gasteiger charge is 2.08. The average molecular weight is 380 g/mol. The van der Waals surface area contributed by atoms with Crippen LogP contribution in [-0.2, 0) is 11.2 Å². The van der Waals surface area contributed by atoms with Crippen molar-refractivity contribution < 1.29 is 14.3 Å². The Bertz CT molecular complexity index is 1060. The molecular formula is C22H24N2O4. The number of ether oxygens (including phenoxy) is 2. The van der Waals surface area contributed by atoms with Gasteiger partial charge in [-0.2, -0.15) is 0 Å². The number of para-hydroxylation sites is 2. The molecule has 6 heteroatoms. The van der Waals surface area contributed by atoms with Crippen molar-refractivity contribution >= 4 is 16.8 Å². The number of H-pyrrole nitrogens is 1. The zero-order valence-corrected chi connectivity index (χ0v) is 16.3. The number of benzene rings is 2. The lowest BCUT2D eigenvalue weighted by atomic mass is 10.0. The van der Waals surface area contributed by atoms with Gasteiger partial charge in [0.25, 0.3) is 11.5 Å². The molecular weight excluding hydrogens is 356 g/mol. The first kappa shape index (κ1) is 19.5. The Morgan fingerprint density at radius 1 is 1.07 bits per heavy atom.